The molecule has 3 rings (SSSR count). The van der Waals surface area contributed by atoms with Crippen molar-refractivity contribution in [2.45, 2.75) is 13.0 Å². The molecule has 0 saturated carbocycles. The summed E-state index contributed by atoms with van der Waals surface area (Å²) in [4.78, 5) is 17.3. The number of benzene rings is 1. The van der Waals surface area contributed by atoms with Gasteiger partial charge in [-0.1, -0.05) is 18.2 Å². The molecule has 5 heteroatoms. The van der Waals surface area contributed by atoms with Crippen LogP contribution in [-0.4, -0.2) is 10.9 Å². The normalized spacial score (nSPS) is 10.5. The Morgan fingerprint density at radius 2 is 1.96 bits per heavy atom. The number of carbonyl (C=O) groups is 1. The number of amides is 1. The lowest BCUT2D eigenvalue weighted by molar-refractivity contribution is -0.120. The molecule has 0 fully saturated rings. The molecule has 0 bridgehead atoms. The number of hydrogen-bond acceptors (Lipinski definition) is 3. The van der Waals surface area contributed by atoms with E-state index in [2.05, 4.69) is 10.3 Å². The van der Waals surface area contributed by atoms with E-state index in [0.717, 1.165) is 21.6 Å². The zero-order valence-electron chi connectivity index (χ0n) is 12.3. The molecule has 0 spiro atoms. The summed E-state index contributed by atoms with van der Waals surface area (Å²) in [5.74, 6) is -0.399. The molecule has 23 heavy (non-hydrogen) atoms. The molecule has 1 amide bonds. The number of thiophene rings is 1. The van der Waals surface area contributed by atoms with Gasteiger partial charge in [-0.25, -0.2) is 4.39 Å². The SMILES string of the molecule is O=C(Cc1ccc(F)cc1)NCc1cncc(-c2cccs2)c1. The molecule has 1 N–H and O–H groups in total. The third-order valence-electron chi connectivity index (χ3n) is 3.37. The van der Waals surface area contributed by atoms with E-state index in [4.69, 9.17) is 0 Å². The molecule has 0 aliphatic rings. The minimum absolute atomic E-state index is 0.0989. The van der Waals surface area contributed by atoms with Crippen LogP contribution in [0.1, 0.15) is 11.1 Å². The van der Waals surface area contributed by atoms with Gasteiger partial charge in [-0.2, -0.15) is 0 Å². The van der Waals surface area contributed by atoms with E-state index >= 15 is 0 Å². The van der Waals surface area contributed by atoms with Crippen molar-refractivity contribution in [3.05, 3.63) is 77.2 Å². The van der Waals surface area contributed by atoms with E-state index in [1.165, 1.54) is 12.1 Å². The standard InChI is InChI=1S/C18H15FN2OS/c19-16-5-3-13(4-6-16)9-18(22)21-11-14-8-15(12-20-10-14)17-2-1-7-23-17/h1-8,10,12H,9,11H2,(H,21,22). The van der Waals surface area contributed by atoms with Crippen molar-refractivity contribution in [1.29, 1.82) is 0 Å². The Hall–Kier alpha value is -2.53. The highest BCUT2D eigenvalue weighted by Crippen LogP contribution is 2.24. The Morgan fingerprint density at radius 1 is 1.13 bits per heavy atom. The molecule has 2 heterocycles. The van der Waals surface area contributed by atoms with Crippen molar-refractivity contribution in [3.63, 3.8) is 0 Å². The smallest absolute Gasteiger partial charge is 0.224 e. The first-order valence-electron chi connectivity index (χ1n) is 7.19. The summed E-state index contributed by atoms with van der Waals surface area (Å²) >= 11 is 1.65. The van der Waals surface area contributed by atoms with Gasteiger partial charge >= 0.3 is 0 Å². The number of nitrogens with one attached hydrogen (secondary N) is 1. The van der Waals surface area contributed by atoms with E-state index in [-0.39, 0.29) is 18.1 Å². The number of halogens is 1. The lowest BCUT2D eigenvalue weighted by Gasteiger charge is -2.06. The highest BCUT2D eigenvalue weighted by atomic mass is 32.1. The summed E-state index contributed by atoms with van der Waals surface area (Å²) < 4.78 is 12.8. The van der Waals surface area contributed by atoms with Gasteiger partial charge in [-0.05, 0) is 40.8 Å². The Bertz CT molecular complexity index is 785. The monoisotopic (exact) mass is 326 g/mol. The third kappa shape index (κ3) is 4.23. The van der Waals surface area contributed by atoms with Gasteiger partial charge in [0.2, 0.25) is 5.91 Å². The highest BCUT2D eigenvalue weighted by Gasteiger charge is 2.05. The Morgan fingerprint density at radius 3 is 2.70 bits per heavy atom. The van der Waals surface area contributed by atoms with Gasteiger partial charge < -0.3 is 5.32 Å². The zero-order valence-corrected chi connectivity index (χ0v) is 13.1. The van der Waals surface area contributed by atoms with Crippen molar-refractivity contribution >= 4 is 17.2 Å². The van der Waals surface area contributed by atoms with Crippen LogP contribution >= 0.6 is 11.3 Å². The molecule has 0 radical (unpaired) electrons. The summed E-state index contributed by atoms with van der Waals surface area (Å²) in [6.45, 7) is 0.423. The fourth-order valence-corrected chi connectivity index (χ4v) is 2.92. The van der Waals surface area contributed by atoms with Crippen molar-refractivity contribution in [3.8, 4) is 10.4 Å². The molecule has 0 unspecified atom stereocenters. The second kappa shape index (κ2) is 7.15. The molecular weight excluding hydrogens is 311 g/mol. The lowest BCUT2D eigenvalue weighted by atomic mass is 10.1. The number of pyridine rings is 1. The Kier molecular flexibility index (Phi) is 4.78. The average molecular weight is 326 g/mol. The van der Waals surface area contributed by atoms with E-state index < -0.39 is 0 Å². The van der Waals surface area contributed by atoms with Crippen LogP contribution in [0.4, 0.5) is 4.39 Å². The summed E-state index contributed by atoms with van der Waals surface area (Å²) in [7, 11) is 0. The Balaban J connectivity index is 1.58. The predicted octanol–water partition coefficient (Wildman–Crippen LogP) is 3.81. The topological polar surface area (TPSA) is 42.0 Å². The van der Waals surface area contributed by atoms with Gasteiger partial charge in [0.15, 0.2) is 0 Å². The van der Waals surface area contributed by atoms with Gasteiger partial charge in [0.05, 0.1) is 6.42 Å². The summed E-state index contributed by atoms with van der Waals surface area (Å²) in [6, 6.07) is 12.0. The number of nitrogens with zero attached hydrogens (tertiary/aromatic N) is 1. The molecule has 1 aromatic carbocycles. The number of hydrogen-bond donors (Lipinski definition) is 1. The van der Waals surface area contributed by atoms with E-state index in [1.54, 1.807) is 29.7 Å². The minimum atomic E-state index is -0.300. The number of rotatable bonds is 5. The molecule has 3 aromatic rings. The molecule has 0 aliphatic heterocycles. The van der Waals surface area contributed by atoms with Gasteiger partial charge in [-0.15, -0.1) is 11.3 Å². The summed E-state index contributed by atoms with van der Waals surface area (Å²) in [5.41, 5.74) is 2.78. The maximum atomic E-state index is 12.8. The van der Waals surface area contributed by atoms with Crippen molar-refractivity contribution in [2.24, 2.45) is 0 Å². The molecular formula is C18H15FN2OS. The predicted molar refractivity (Wildman–Crippen MR) is 89.5 cm³/mol. The highest BCUT2D eigenvalue weighted by molar-refractivity contribution is 7.13. The molecule has 3 nitrogen and oxygen atoms in total. The molecule has 2 aromatic heterocycles. The van der Waals surface area contributed by atoms with Crippen LogP contribution in [0, 0.1) is 5.82 Å². The largest absolute Gasteiger partial charge is 0.352 e. The van der Waals surface area contributed by atoms with Crippen molar-refractivity contribution < 1.29 is 9.18 Å². The first-order valence-corrected chi connectivity index (χ1v) is 8.07. The lowest BCUT2D eigenvalue weighted by Crippen LogP contribution is -2.24. The molecule has 0 aliphatic carbocycles. The minimum Gasteiger partial charge on any atom is -0.352 e. The maximum absolute atomic E-state index is 12.8. The van der Waals surface area contributed by atoms with Gasteiger partial charge in [-0.3, -0.25) is 9.78 Å². The maximum Gasteiger partial charge on any atom is 0.224 e. The van der Waals surface area contributed by atoms with E-state index in [1.807, 2.05) is 29.8 Å². The van der Waals surface area contributed by atoms with Gasteiger partial charge in [0, 0.05) is 29.4 Å². The van der Waals surface area contributed by atoms with E-state index in [9.17, 15) is 9.18 Å². The fraction of sp³-hybridized carbons (Fsp3) is 0.111. The van der Waals surface area contributed by atoms with Crippen LogP contribution in [-0.2, 0) is 17.8 Å². The van der Waals surface area contributed by atoms with Crippen LogP contribution in [0.3, 0.4) is 0 Å². The molecule has 0 atom stereocenters. The van der Waals surface area contributed by atoms with Crippen molar-refractivity contribution in [2.75, 3.05) is 0 Å². The zero-order chi connectivity index (χ0) is 16.1. The number of aromatic nitrogens is 1. The first kappa shape index (κ1) is 15.4. The Labute approximate surface area is 137 Å². The quantitative estimate of drug-likeness (QED) is 0.775. The van der Waals surface area contributed by atoms with Crippen molar-refractivity contribution in [1.82, 2.24) is 10.3 Å². The molecule has 116 valence electrons. The van der Waals surface area contributed by atoms with Crippen LogP contribution in [0.2, 0.25) is 0 Å². The van der Waals surface area contributed by atoms with Gasteiger partial charge in [0.25, 0.3) is 0 Å². The third-order valence-corrected chi connectivity index (χ3v) is 4.29. The van der Waals surface area contributed by atoms with Crippen LogP contribution in [0.5, 0.6) is 0 Å². The van der Waals surface area contributed by atoms with E-state index in [0.29, 0.717) is 6.54 Å². The second-order valence-corrected chi connectivity index (χ2v) is 6.09. The summed E-state index contributed by atoms with van der Waals surface area (Å²) in [5, 5.41) is 4.89. The second-order valence-electron chi connectivity index (χ2n) is 5.14. The van der Waals surface area contributed by atoms with Gasteiger partial charge in [0.1, 0.15) is 5.82 Å². The van der Waals surface area contributed by atoms with Crippen LogP contribution < -0.4 is 5.32 Å². The average Bonchev–Trinajstić information content (AvgIpc) is 3.10. The van der Waals surface area contributed by atoms with Crippen LogP contribution in [0.15, 0.2) is 60.2 Å². The number of carbonyl (C=O) groups excluding carboxylic acids is 1. The van der Waals surface area contributed by atoms with Crippen LogP contribution in [0.25, 0.3) is 10.4 Å². The fourth-order valence-electron chi connectivity index (χ4n) is 2.21. The summed E-state index contributed by atoms with van der Waals surface area (Å²) in [6.07, 6.45) is 3.79. The molecule has 0 saturated heterocycles. The first-order chi connectivity index (χ1) is 11.2.